The Balaban J connectivity index is 1.03. The molecule has 0 fully saturated rings. The SMILES string of the molecule is CC(C)(C)c1cc2c(O)c(c1)Cc1cc(C(C)(C)C)cc(c1O)Cc1cc(C(C)(C)C)cc(c1Cc1ccc(Cc3c4cc(C(C)(C)C)cc3Cc3cc(C(C)(C)C)cc(c3O)Cc3cc(C(C)(C)C)cc(c3O)Cc3cc(C(C)(C)C)cc(c3O)Cc3cc(C(C)(C)C)cc(c3O)C4)cc1)Cc1cc(C(C)(C)C)cc(c1O)Cc1cc(C(C)(C)C)cc(c1O)C2. The third-order valence-corrected chi connectivity index (χ3v) is 27.3. The Morgan fingerprint density at radius 1 is 0.151 bits per heavy atom. The first-order chi connectivity index (χ1) is 57.9. The van der Waals surface area contributed by atoms with Gasteiger partial charge in [-0.2, -0.15) is 0 Å². The molecular weight excluding hydrogens is 1550 g/mol. The number of phenols is 8. The Morgan fingerprint density at radius 3 is 0.333 bits per heavy atom. The van der Waals surface area contributed by atoms with Crippen LogP contribution < -0.4 is 0 Å². The van der Waals surface area contributed by atoms with Crippen molar-refractivity contribution in [2.24, 2.45) is 0 Å². The van der Waals surface area contributed by atoms with E-state index in [-0.39, 0.29) is 139 Å². The number of aromatic hydroxyl groups is 8. The van der Waals surface area contributed by atoms with Crippen LogP contribution in [0.5, 0.6) is 46.0 Å². The minimum atomic E-state index is -0.340. The minimum Gasteiger partial charge on any atom is -0.507 e. The number of hydrogen-bond donors (Lipinski definition) is 8. The first-order valence-electron chi connectivity index (χ1n) is 46.1. The van der Waals surface area contributed by atoms with Crippen LogP contribution >= 0.6 is 0 Å². The van der Waals surface area contributed by atoms with Crippen LogP contribution in [0.15, 0.2) is 146 Å². The van der Waals surface area contributed by atoms with Crippen molar-refractivity contribution in [3.8, 4) is 46.0 Å². The van der Waals surface area contributed by atoms with E-state index in [1.165, 1.54) is 0 Å². The fourth-order valence-electron chi connectivity index (χ4n) is 18.5. The van der Waals surface area contributed by atoms with Crippen LogP contribution in [-0.2, 0) is 131 Å². The Hall–Kier alpha value is -10.2. The number of phenolic OH excluding ortho intramolecular Hbond substituents is 8. The summed E-state index contributed by atoms with van der Waals surface area (Å²) in [7, 11) is 0. The van der Waals surface area contributed by atoms with Crippen LogP contribution in [0.25, 0.3) is 0 Å². The van der Waals surface area contributed by atoms with Crippen LogP contribution in [0.1, 0.15) is 397 Å². The van der Waals surface area contributed by atoms with Gasteiger partial charge < -0.3 is 40.9 Å². The molecule has 8 N–H and O–H groups in total. The third kappa shape index (κ3) is 20.2. The maximum Gasteiger partial charge on any atom is 0.122 e. The van der Waals surface area contributed by atoms with E-state index in [9.17, 15) is 40.9 Å². The smallest absolute Gasteiger partial charge is 0.122 e. The monoisotopic (exact) mass is 1690 g/mol. The lowest BCUT2D eigenvalue weighted by Gasteiger charge is -2.28. The Morgan fingerprint density at radius 2 is 0.238 bits per heavy atom. The number of rotatable bonds is 4. The number of hydrogen-bond acceptors (Lipinski definition) is 8. The quantitative estimate of drug-likeness (QED) is 0.0864. The van der Waals surface area contributed by atoms with E-state index in [1.807, 2.05) is 0 Å². The summed E-state index contributed by atoms with van der Waals surface area (Å²) in [5.41, 5.74) is 27.4. The standard InChI is InChI=1S/C118H146O8/c1-109(2,3)89-47-69-37-73-51-91(111(7,8)9)55-77(101(73)119)41-81-59-95(115(19,20)21)63-85(105(81)123)45-86-64-96(116(22,23)24)60-82(106(86)124)42-78-56-92(112(10,11)12)52-74(102(78)120)38-70(48-89)99(69)35-67-31-33-68(34-32-67)36-100-71-39-75-53-93(113(13,14)15)57-79(103(75)121)43-83-61-97(117(25,26)27)65-87(107(83)125)46-88-66-98(118(28,29)30)62-84(108(88)126)44-80-58-94(114(16,17)18)54-76(104(80)122)40-72(100)50-90(49-71)110(4,5)6/h31-34,47-66,119-126H,35-46H2,1-30H3. The zero-order chi connectivity index (χ0) is 92.7. The van der Waals surface area contributed by atoms with Gasteiger partial charge >= 0.3 is 0 Å². The number of fused-ring (bicyclic) bond motifs is 20. The zero-order valence-electron chi connectivity index (χ0n) is 81.9. The molecule has 0 aliphatic heterocycles. The molecule has 11 aromatic rings. The van der Waals surface area contributed by atoms with E-state index < -0.39 is 0 Å². The maximum absolute atomic E-state index is 13.3. The summed E-state index contributed by atoms with van der Waals surface area (Å²) in [6, 6.07) is 52.6. The average molecular weight is 1690 g/mol. The van der Waals surface area contributed by atoms with Gasteiger partial charge in [0.05, 0.1) is 0 Å². The molecule has 0 heterocycles. The molecule has 8 heteroatoms. The van der Waals surface area contributed by atoms with Crippen molar-refractivity contribution in [1.82, 2.24) is 0 Å². The van der Waals surface area contributed by atoms with Crippen molar-refractivity contribution in [3.63, 3.8) is 0 Å². The van der Waals surface area contributed by atoms with Gasteiger partial charge in [0.1, 0.15) is 46.0 Å². The van der Waals surface area contributed by atoms with E-state index in [0.29, 0.717) is 105 Å². The van der Waals surface area contributed by atoms with Crippen LogP contribution in [0, 0.1) is 0 Å². The van der Waals surface area contributed by atoms with Gasteiger partial charge in [-0.25, -0.2) is 0 Å². The van der Waals surface area contributed by atoms with Crippen LogP contribution in [0.4, 0.5) is 0 Å². The van der Waals surface area contributed by atoms with E-state index in [2.05, 4.69) is 353 Å². The summed E-state index contributed by atoms with van der Waals surface area (Å²) in [5.74, 6) is 1.27. The molecule has 0 spiro atoms. The normalized spacial score (nSPS) is 14.3. The highest BCUT2D eigenvalue weighted by molar-refractivity contribution is 5.64. The molecule has 0 saturated carbocycles. The van der Waals surface area contributed by atoms with Gasteiger partial charge in [0.15, 0.2) is 0 Å². The third-order valence-electron chi connectivity index (χ3n) is 27.3. The van der Waals surface area contributed by atoms with E-state index >= 15 is 0 Å². The molecule has 126 heavy (non-hydrogen) atoms. The second-order valence-corrected chi connectivity index (χ2v) is 48.1. The van der Waals surface area contributed by atoms with Gasteiger partial charge in [0.25, 0.3) is 0 Å². The van der Waals surface area contributed by atoms with E-state index in [1.54, 1.807) is 0 Å². The van der Waals surface area contributed by atoms with E-state index in [0.717, 1.165) is 122 Å². The first kappa shape index (κ1) is 93.5. The summed E-state index contributed by atoms with van der Waals surface area (Å²) in [6.07, 6.45) is 4.10. The second kappa shape index (κ2) is 33.2. The molecule has 2 aliphatic carbocycles. The highest BCUT2D eigenvalue weighted by Gasteiger charge is 2.34. The van der Waals surface area contributed by atoms with Crippen LogP contribution in [0.2, 0.25) is 0 Å². The molecule has 20 bridgehead atoms. The molecular formula is C118H146O8. The Labute approximate surface area is 755 Å². The van der Waals surface area contributed by atoms with Gasteiger partial charge in [-0.3, -0.25) is 0 Å². The molecule has 666 valence electrons. The molecule has 11 aromatic carbocycles. The highest BCUT2D eigenvalue weighted by atomic mass is 16.3. The first-order valence-corrected chi connectivity index (χ1v) is 46.1. The van der Waals surface area contributed by atoms with Gasteiger partial charge in [-0.1, -0.05) is 353 Å². The molecule has 0 aromatic heterocycles. The molecule has 0 saturated heterocycles. The predicted octanol–water partition coefficient (Wildman–Crippen LogP) is 28.0. The summed E-state index contributed by atoms with van der Waals surface area (Å²) in [5, 5.41) is 105. The lowest BCUT2D eigenvalue weighted by Crippen LogP contribution is -2.17. The number of benzene rings is 11. The van der Waals surface area contributed by atoms with Gasteiger partial charge in [0.2, 0.25) is 0 Å². The summed E-state index contributed by atoms with van der Waals surface area (Å²) in [4.78, 5) is 0. The van der Waals surface area contributed by atoms with Gasteiger partial charge in [0, 0.05) is 64.2 Å². The molecule has 0 radical (unpaired) electrons. The van der Waals surface area contributed by atoms with Crippen molar-refractivity contribution in [2.45, 2.75) is 339 Å². The average Bonchev–Trinajstić information content (AvgIpc) is 0.765. The summed E-state index contributed by atoms with van der Waals surface area (Å²) in [6.45, 7) is 66.3. The summed E-state index contributed by atoms with van der Waals surface area (Å²) < 4.78 is 0. The lowest BCUT2D eigenvalue weighted by atomic mass is 9.77. The topological polar surface area (TPSA) is 162 Å². The minimum absolute atomic E-state index is 0.134. The predicted molar refractivity (Wildman–Crippen MR) is 525 cm³/mol. The van der Waals surface area contributed by atoms with Crippen molar-refractivity contribution in [2.75, 3.05) is 0 Å². The maximum atomic E-state index is 13.3. The van der Waals surface area contributed by atoms with E-state index in [4.69, 9.17) is 0 Å². The zero-order valence-corrected chi connectivity index (χ0v) is 81.9. The Bertz CT molecular complexity index is 5360. The second-order valence-electron chi connectivity index (χ2n) is 48.1. The molecule has 13 rings (SSSR count). The Kier molecular flexibility index (Phi) is 24.6. The molecule has 8 nitrogen and oxygen atoms in total. The van der Waals surface area contributed by atoms with Crippen LogP contribution in [0.3, 0.4) is 0 Å². The van der Waals surface area contributed by atoms with Gasteiger partial charge in [-0.15, -0.1) is 0 Å². The molecule has 2 aliphatic rings. The van der Waals surface area contributed by atoms with Gasteiger partial charge in [-0.05, 0) is 256 Å². The lowest BCUT2D eigenvalue weighted by molar-refractivity contribution is 0.449. The molecule has 0 atom stereocenters. The van der Waals surface area contributed by atoms with Crippen LogP contribution in [-0.4, -0.2) is 40.9 Å². The van der Waals surface area contributed by atoms with Crippen molar-refractivity contribution in [1.29, 1.82) is 0 Å². The fraction of sp³-hybridized carbons (Fsp3) is 0.441. The molecule has 0 unspecified atom stereocenters. The van der Waals surface area contributed by atoms with Crippen molar-refractivity contribution < 1.29 is 40.9 Å². The molecule has 0 amide bonds. The summed E-state index contributed by atoms with van der Waals surface area (Å²) >= 11 is 0. The van der Waals surface area contributed by atoms with Crippen molar-refractivity contribution >= 4 is 0 Å². The van der Waals surface area contributed by atoms with Crippen molar-refractivity contribution in [3.05, 3.63) is 335 Å². The fourth-order valence-corrected chi connectivity index (χ4v) is 18.5. The largest absolute Gasteiger partial charge is 0.507 e. The highest BCUT2D eigenvalue weighted by Crippen LogP contribution is 2.49.